The Morgan fingerprint density at radius 3 is 2.76 bits per heavy atom. The van der Waals surface area contributed by atoms with Crippen molar-refractivity contribution in [2.75, 3.05) is 0 Å². The average Bonchev–Trinajstić information content (AvgIpc) is 3.06. The Balaban J connectivity index is 1.82. The second-order valence-electron chi connectivity index (χ2n) is 5.60. The minimum atomic E-state index is -0.0719. The molecule has 3 heteroatoms. The van der Waals surface area contributed by atoms with Gasteiger partial charge in [-0.2, -0.15) is 0 Å². The van der Waals surface area contributed by atoms with E-state index in [9.17, 15) is 0 Å². The Bertz CT molecular complexity index is 576. The monoisotopic (exact) mass is 227 g/mol. The molecular formula is C14H17N3. The third-order valence-corrected chi connectivity index (χ3v) is 4.34. The van der Waals surface area contributed by atoms with Gasteiger partial charge in [0.05, 0.1) is 17.4 Å². The van der Waals surface area contributed by atoms with Crippen molar-refractivity contribution in [1.29, 1.82) is 0 Å². The standard InChI is InChI=1S/C14H17N3/c15-14(6-1-7-14)10-2-5-13-12(8-10)16-9-17(13)11-3-4-11/h2,5,8-9,11H,1,3-4,6-7,15H2. The zero-order valence-corrected chi connectivity index (χ0v) is 9.89. The van der Waals surface area contributed by atoms with Crippen LogP contribution in [0.4, 0.5) is 0 Å². The molecule has 2 aliphatic carbocycles. The van der Waals surface area contributed by atoms with Crippen molar-refractivity contribution in [1.82, 2.24) is 9.55 Å². The number of imidazole rings is 1. The molecule has 0 unspecified atom stereocenters. The van der Waals surface area contributed by atoms with E-state index in [1.807, 2.05) is 6.33 Å². The van der Waals surface area contributed by atoms with Crippen molar-refractivity contribution < 1.29 is 0 Å². The third-order valence-electron chi connectivity index (χ3n) is 4.34. The van der Waals surface area contributed by atoms with E-state index in [0.717, 1.165) is 18.4 Å². The molecule has 2 aromatic rings. The second-order valence-corrected chi connectivity index (χ2v) is 5.60. The van der Waals surface area contributed by atoms with E-state index in [4.69, 9.17) is 5.73 Å². The number of rotatable bonds is 2. The average molecular weight is 227 g/mol. The SMILES string of the molecule is NC1(c2ccc3c(c2)ncn3C2CC2)CCC1. The maximum Gasteiger partial charge on any atom is 0.0960 e. The van der Waals surface area contributed by atoms with Crippen LogP contribution in [0.2, 0.25) is 0 Å². The van der Waals surface area contributed by atoms with Gasteiger partial charge in [-0.15, -0.1) is 0 Å². The van der Waals surface area contributed by atoms with Crippen molar-refractivity contribution in [2.24, 2.45) is 5.73 Å². The van der Waals surface area contributed by atoms with E-state index >= 15 is 0 Å². The maximum absolute atomic E-state index is 6.36. The van der Waals surface area contributed by atoms with Crippen LogP contribution in [0.15, 0.2) is 24.5 Å². The van der Waals surface area contributed by atoms with Crippen molar-refractivity contribution in [3.8, 4) is 0 Å². The Kier molecular flexibility index (Phi) is 1.76. The number of fused-ring (bicyclic) bond motifs is 1. The fourth-order valence-corrected chi connectivity index (χ4v) is 2.83. The molecular weight excluding hydrogens is 210 g/mol. The molecule has 2 N–H and O–H groups in total. The lowest BCUT2D eigenvalue weighted by Gasteiger charge is -2.38. The minimum absolute atomic E-state index is 0.0719. The van der Waals surface area contributed by atoms with Crippen LogP contribution < -0.4 is 5.73 Å². The molecule has 0 bridgehead atoms. The summed E-state index contributed by atoms with van der Waals surface area (Å²) in [7, 11) is 0. The van der Waals surface area contributed by atoms with E-state index in [1.54, 1.807) is 0 Å². The molecule has 1 aromatic heterocycles. The molecule has 17 heavy (non-hydrogen) atoms. The topological polar surface area (TPSA) is 43.8 Å². The second kappa shape index (κ2) is 3.10. The first-order chi connectivity index (χ1) is 8.26. The number of nitrogens with zero attached hydrogens (tertiary/aromatic N) is 2. The first-order valence-corrected chi connectivity index (χ1v) is 6.52. The summed E-state index contributed by atoms with van der Waals surface area (Å²) in [6.07, 6.45) is 8.06. The summed E-state index contributed by atoms with van der Waals surface area (Å²) in [6.45, 7) is 0. The van der Waals surface area contributed by atoms with Crippen molar-refractivity contribution in [3.05, 3.63) is 30.1 Å². The van der Waals surface area contributed by atoms with Gasteiger partial charge in [-0.25, -0.2) is 4.98 Å². The van der Waals surface area contributed by atoms with Crippen LogP contribution in [0, 0.1) is 0 Å². The summed E-state index contributed by atoms with van der Waals surface area (Å²) < 4.78 is 2.31. The van der Waals surface area contributed by atoms with Crippen molar-refractivity contribution >= 4 is 11.0 Å². The highest BCUT2D eigenvalue weighted by molar-refractivity contribution is 5.76. The van der Waals surface area contributed by atoms with Crippen LogP contribution in [0.5, 0.6) is 0 Å². The maximum atomic E-state index is 6.36. The molecule has 0 aliphatic heterocycles. The molecule has 0 spiro atoms. The fourth-order valence-electron chi connectivity index (χ4n) is 2.83. The summed E-state index contributed by atoms with van der Waals surface area (Å²) in [5.74, 6) is 0. The van der Waals surface area contributed by atoms with Crippen LogP contribution in [0.1, 0.15) is 43.7 Å². The zero-order valence-electron chi connectivity index (χ0n) is 9.89. The Morgan fingerprint density at radius 1 is 1.29 bits per heavy atom. The summed E-state index contributed by atoms with van der Waals surface area (Å²) in [4.78, 5) is 4.52. The van der Waals surface area contributed by atoms with Crippen molar-refractivity contribution in [3.63, 3.8) is 0 Å². The zero-order chi connectivity index (χ0) is 11.5. The molecule has 2 fully saturated rings. The summed E-state index contributed by atoms with van der Waals surface area (Å²) in [6, 6.07) is 7.28. The van der Waals surface area contributed by atoms with E-state index < -0.39 is 0 Å². The largest absolute Gasteiger partial charge is 0.327 e. The van der Waals surface area contributed by atoms with Crippen LogP contribution in [0.3, 0.4) is 0 Å². The lowest BCUT2D eigenvalue weighted by atomic mass is 9.73. The van der Waals surface area contributed by atoms with Gasteiger partial charge in [-0.05, 0) is 49.8 Å². The highest BCUT2D eigenvalue weighted by Crippen LogP contribution is 2.41. The first-order valence-electron chi connectivity index (χ1n) is 6.52. The molecule has 0 amide bonds. The quantitative estimate of drug-likeness (QED) is 0.857. The lowest BCUT2D eigenvalue weighted by molar-refractivity contribution is 0.254. The molecule has 4 rings (SSSR count). The van der Waals surface area contributed by atoms with E-state index in [-0.39, 0.29) is 5.54 Å². The summed E-state index contributed by atoms with van der Waals surface area (Å²) in [5.41, 5.74) is 9.92. The van der Waals surface area contributed by atoms with Gasteiger partial charge >= 0.3 is 0 Å². The van der Waals surface area contributed by atoms with Gasteiger partial charge in [-0.3, -0.25) is 0 Å². The van der Waals surface area contributed by atoms with Gasteiger partial charge in [0.2, 0.25) is 0 Å². The third kappa shape index (κ3) is 1.35. The summed E-state index contributed by atoms with van der Waals surface area (Å²) in [5, 5.41) is 0. The molecule has 3 nitrogen and oxygen atoms in total. The van der Waals surface area contributed by atoms with Crippen molar-refractivity contribution in [2.45, 2.75) is 43.7 Å². The van der Waals surface area contributed by atoms with E-state index in [1.165, 1.54) is 30.3 Å². The Morgan fingerprint density at radius 2 is 2.12 bits per heavy atom. The van der Waals surface area contributed by atoms with Gasteiger partial charge in [0.15, 0.2) is 0 Å². The normalized spacial score (nSPS) is 22.6. The van der Waals surface area contributed by atoms with Gasteiger partial charge in [-0.1, -0.05) is 6.07 Å². The minimum Gasteiger partial charge on any atom is -0.327 e. The smallest absolute Gasteiger partial charge is 0.0960 e. The fraction of sp³-hybridized carbons (Fsp3) is 0.500. The number of hydrogen-bond acceptors (Lipinski definition) is 2. The van der Waals surface area contributed by atoms with Crippen LogP contribution >= 0.6 is 0 Å². The predicted molar refractivity (Wildman–Crippen MR) is 67.7 cm³/mol. The van der Waals surface area contributed by atoms with Crippen LogP contribution in [0.25, 0.3) is 11.0 Å². The molecule has 0 radical (unpaired) electrons. The van der Waals surface area contributed by atoms with E-state index in [2.05, 4.69) is 27.8 Å². The van der Waals surface area contributed by atoms with E-state index in [0.29, 0.717) is 6.04 Å². The number of benzene rings is 1. The number of nitrogens with two attached hydrogens (primary N) is 1. The predicted octanol–water partition coefficient (Wildman–Crippen LogP) is 2.71. The Labute approximate surface area is 101 Å². The number of hydrogen-bond donors (Lipinski definition) is 1. The van der Waals surface area contributed by atoms with Gasteiger partial charge in [0.25, 0.3) is 0 Å². The van der Waals surface area contributed by atoms with Crippen LogP contribution in [-0.2, 0) is 5.54 Å². The Hall–Kier alpha value is -1.35. The highest BCUT2D eigenvalue weighted by atomic mass is 15.1. The molecule has 1 heterocycles. The molecule has 1 aromatic carbocycles. The lowest BCUT2D eigenvalue weighted by Crippen LogP contribution is -2.43. The van der Waals surface area contributed by atoms with Gasteiger partial charge in [0.1, 0.15) is 0 Å². The molecule has 2 saturated carbocycles. The number of aromatic nitrogens is 2. The van der Waals surface area contributed by atoms with Gasteiger partial charge < -0.3 is 10.3 Å². The van der Waals surface area contributed by atoms with Crippen LogP contribution in [-0.4, -0.2) is 9.55 Å². The molecule has 0 saturated heterocycles. The summed E-state index contributed by atoms with van der Waals surface area (Å²) >= 11 is 0. The van der Waals surface area contributed by atoms with Gasteiger partial charge in [0, 0.05) is 11.6 Å². The highest BCUT2D eigenvalue weighted by Gasteiger charge is 2.34. The molecule has 2 aliphatic rings. The molecule has 0 atom stereocenters. The first kappa shape index (κ1) is 9.66. The molecule has 88 valence electrons.